The molecule has 20 heavy (non-hydrogen) atoms. The molecule has 0 spiro atoms. The van der Waals surface area contributed by atoms with Crippen molar-refractivity contribution in [2.24, 2.45) is 0 Å². The number of nitrogens with one attached hydrogen (secondary N) is 1. The van der Waals surface area contributed by atoms with Gasteiger partial charge < -0.3 is 10.1 Å². The summed E-state index contributed by atoms with van der Waals surface area (Å²) >= 11 is 1.64. The summed E-state index contributed by atoms with van der Waals surface area (Å²) in [4.78, 5) is 17.5. The molecule has 106 valence electrons. The second kappa shape index (κ2) is 7.17. The minimum absolute atomic E-state index is 0.196. The van der Waals surface area contributed by atoms with Gasteiger partial charge >= 0.3 is 5.97 Å². The zero-order chi connectivity index (χ0) is 14.4. The third-order valence-corrected chi connectivity index (χ3v) is 4.10. The Bertz CT molecular complexity index is 581. The van der Waals surface area contributed by atoms with Crippen LogP contribution in [0.1, 0.15) is 20.9 Å². The van der Waals surface area contributed by atoms with Crippen LogP contribution in [0.2, 0.25) is 0 Å². The molecule has 0 unspecified atom stereocenters. The first-order valence-electron chi connectivity index (χ1n) is 6.43. The number of carbonyl (C=O) groups is 1. The van der Waals surface area contributed by atoms with Gasteiger partial charge in [-0.2, -0.15) is 0 Å². The normalized spacial score (nSPS) is 10.5. The lowest BCUT2D eigenvalue weighted by Gasteiger charge is -2.05. The molecule has 0 fully saturated rings. The van der Waals surface area contributed by atoms with E-state index in [-0.39, 0.29) is 5.97 Å². The number of carbonyl (C=O) groups excluding carboxylic acids is 1. The molecule has 2 heterocycles. The van der Waals surface area contributed by atoms with E-state index in [0.717, 1.165) is 18.0 Å². The first kappa shape index (κ1) is 14.7. The summed E-state index contributed by atoms with van der Waals surface area (Å²) in [6.07, 6.45) is 4.03. The number of hydrogen-bond acceptors (Lipinski definition) is 5. The van der Waals surface area contributed by atoms with Crippen LogP contribution < -0.4 is 5.32 Å². The monoisotopic (exact) mass is 290 g/mol. The van der Waals surface area contributed by atoms with Crippen LogP contribution in [0.5, 0.6) is 0 Å². The zero-order valence-electron chi connectivity index (χ0n) is 11.7. The van der Waals surface area contributed by atoms with Gasteiger partial charge in [0.25, 0.3) is 0 Å². The highest BCUT2D eigenvalue weighted by atomic mass is 32.1. The number of pyridine rings is 1. The zero-order valence-corrected chi connectivity index (χ0v) is 12.5. The van der Waals surface area contributed by atoms with Crippen molar-refractivity contribution >= 4 is 17.3 Å². The molecule has 1 N–H and O–H groups in total. The fourth-order valence-electron chi connectivity index (χ4n) is 1.85. The highest BCUT2D eigenvalue weighted by Crippen LogP contribution is 2.17. The maximum atomic E-state index is 11.2. The van der Waals surface area contributed by atoms with Gasteiger partial charge in [-0.05, 0) is 36.2 Å². The first-order chi connectivity index (χ1) is 9.69. The maximum absolute atomic E-state index is 11.2. The van der Waals surface area contributed by atoms with E-state index in [4.69, 9.17) is 0 Å². The summed E-state index contributed by atoms with van der Waals surface area (Å²) in [5, 5.41) is 3.41. The van der Waals surface area contributed by atoms with Crippen molar-refractivity contribution in [3.05, 3.63) is 51.5 Å². The van der Waals surface area contributed by atoms with Crippen molar-refractivity contribution in [1.82, 2.24) is 10.3 Å². The van der Waals surface area contributed by atoms with Gasteiger partial charge in [-0.25, -0.2) is 0 Å². The second-order valence-corrected chi connectivity index (χ2v) is 5.78. The van der Waals surface area contributed by atoms with E-state index in [1.165, 1.54) is 23.1 Å². The Kier molecular flexibility index (Phi) is 5.26. The van der Waals surface area contributed by atoms with Gasteiger partial charge in [0.15, 0.2) is 0 Å². The van der Waals surface area contributed by atoms with E-state index in [2.05, 4.69) is 28.0 Å². The molecular formula is C15H18N2O2S. The summed E-state index contributed by atoms with van der Waals surface area (Å²) in [7, 11) is 1.41. The summed E-state index contributed by atoms with van der Waals surface area (Å²) < 4.78 is 4.66. The van der Waals surface area contributed by atoms with Crippen LogP contribution in [0.15, 0.2) is 30.6 Å². The van der Waals surface area contributed by atoms with Crippen LogP contribution in [0, 0.1) is 6.92 Å². The Morgan fingerprint density at radius 2 is 2.10 bits per heavy atom. The van der Waals surface area contributed by atoms with Crippen LogP contribution in [0.4, 0.5) is 0 Å². The molecule has 2 aromatic heterocycles. The van der Waals surface area contributed by atoms with E-state index >= 15 is 0 Å². The largest absolute Gasteiger partial charge is 0.469 e. The fourth-order valence-corrected chi connectivity index (χ4v) is 2.82. The first-order valence-corrected chi connectivity index (χ1v) is 7.25. The number of ether oxygens (including phenoxy) is 1. The smallest absolute Gasteiger partial charge is 0.310 e. The van der Waals surface area contributed by atoms with Crippen molar-refractivity contribution in [2.45, 2.75) is 26.4 Å². The SMILES string of the molecule is COC(=O)Cc1ccc(CNCc2ccncc2C)s1. The van der Waals surface area contributed by atoms with Gasteiger partial charge in [-0.15, -0.1) is 11.3 Å². The number of hydrogen-bond donors (Lipinski definition) is 1. The number of rotatable bonds is 6. The topological polar surface area (TPSA) is 51.2 Å². The number of thiophene rings is 1. The maximum Gasteiger partial charge on any atom is 0.310 e. The molecule has 0 atom stereocenters. The molecule has 4 nitrogen and oxygen atoms in total. The summed E-state index contributed by atoms with van der Waals surface area (Å²) in [6, 6.07) is 6.06. The molecule has 2 rings (SSSR count). The average molecular weight is 290 g/mol. The van der Waals surface area contributed by atoms with E-state index in [1.54, 1.807) is 11.3 Å². The molecule has 5 heteroatoms. The number of esters is 1. The van der Waals surface area contributed by atoms with Gasteiger partial charge in [-0.1, -0.05) is 0 Å². The van der Waals surface area contributed by atoms with Crippen molar-refractivity contribution in [2.75, 3.05) is 7.11 Å². The summed E-state index contributed by atoms with van der Waals surface area (Å²) in [6.45, 7) is 3.68. The number of methoxy groups -OCH3 is 1. The van der Waals surface area contributed by atoms with Gasteiger partial charge in [0.2, 0.25) is 0 Å². The predicted octanol–water partition coefficient (Wildman–Crippen LogP) is 2.46. The lowest BCUT2D eigenvalue weighted by atomic mass is 10.1. The number of aryl methyl sites for hydroxylation is 1. The summed E-state index contributed by atoms with van der Waals surface area (Å²) in [5.41, 5.74) is 2.45. The Morgan fingerprint density at radius 1 is 1.30 bits per heavy atom. The van der Waals surface area contributed by atoms with Crippen molar-refractivity contribution in [1.29, 1.82) is 0 Å². The van der Waals surface area contributed by atoms with Crippen molar-refractivity contribution in [3.8, 4) is 0 Å². The van der Waals surface area contributed by atoms with Gasteiger partial charge in [0.1, 0.15) is 0 Å². The summed E-state index contributed by atoms with van der Waals surface area (Å²) in [5.74, 6) is -0.196. The van der Waals surface area contributed by atoms with Gasteiger partial charge in [-0.3, -0.25) is 9.78 Å². The third kappa shape index (κ3) is 4.15. The van der Waals surface area contributed by atoms with Crippen molar-refractivity contribution in [3.63, 3.8) is 0 Å². The van der Waals surface area contributed by atoms with E-state index in [1.807, 2.05) is 24.5 Å². The molecule has 0 amide bonds. The number of nitrogens with zero attached hydrogens (tertiary/aromatic N) is 1. The highest BCUT2D eigenvalue weighted by molar-refractivity contribution is 7.12. The molecular weight excluding hydrogens is 272 g/mol. The van der Waals surface area contributed by atoms with Crippen LogP contribution in [-0.2, 0) is 29.0 Å². The molecule has 0 radical (unpaired) electrons. The Hall–Kier alpha value is -1.72. The van der Waals surface area contributed by atoms with E-state index < -0.39 is 0 Å². The molecule has 0 aliphatic rings. The van der Waals surface area contributed by atoms with Crippen LogP contribution >= 0.6 is 11.3 Å². The molecule has 0 saturated heterocycles. The molecule has 0 aliphatic carbocycles. The lowest BCUT2D eigenvalue weighted by Crippen LogP contribution is -2.12. The average Bonchev–Trinajstić information content (AvgIpc) is 2.88. The quantitative estimate of drug-likeness (QED) is 0.830. The Morgan fingerprint density at radius 3 is 2.85 bits per heavy atom. The Labute approximate surface area is 122 Å². The van der Waals surface area contributed by atoms with Crippen LogP contribution in [0.25, 0.3) is 0 Å². The van der Waals surface area contributed by atoms with E-state index in [9.17, 15) is 4.79 Å². The third-order valence-electron chi connectivity index (χ3n) is 3.01. The molecule has 0 bridgehead atoms. The lowest BCUT2D eigenvalue weighted by molar-refractivity contribution is -0.139. The van der Waals surface area contributed by atoms with Crippen LogP contribution in [-0.4, -0.2) is 18.1 Å². The minimum Gasteiger partial charge on any atom is -0.469 e. The molecule has 2 aromatic rings. The van der Waals surface area contributed by atoms with Crippen molar-refractivity contribution < 1.29 is 9.53 Å². The standard InChI is InChI=1S/C15H18N2O2S/c1-11-8-16-6-5-12(11)9-17-10-14-4-3-13(20-14)7-15(18)19-2/h3-6,8,17H,7,9-10H2,1-2H3. The molecule has 0 saturated carbocycles. The number of aromatic nitrogens is 1. The van der Waals surface area contributed by atoms with E-state index in [0.29, 0.717) is 6.42 Å². The second-order valence-electron chi connectivity index (χ2n) is 4.53. The molecule has 0 aliphatic heterocycles. The minimum atomic E-state index is -0.196. The Balaban J connectivity index is 1.83. The predicted molar refractivity (Wildman–Crippen MR) is 79.6 cm³/mol. The van der Waals surface area contributed by atoms with Crippen LogP contribution in [0.3, 0.4) is 0 Å². The molecule has 0 aromatic carbocycles. The van der Waals surface area contributed by atoms with Gasteiger partial charge in [0.05, 0.1) is 13.5 Å². The van der Waals surface area contributed by atoms with Gasteiger partial charge in [0, 0.05) is 35.2 Å². The highest BCUT2D eigenvalue weighted by Gasteiger charge is 2.06. The fraction of sp³-hybridized carbons (Fsp3) is 0.333.